The molecule has 1 amide bonds. The highest BCUT2D eigenvalue weighted by Crippen LogP contribution is 2.33. The standard InChI is InChI=1S/C16H29NO3/c18-11-8-14(13-6-2-1-3-7-13)17-15(19)12-16(20)9-4-5-10-16/h13-14,18,20H,1-12H2,(H,17,19). The first-order valence-electron chi connectivity index (χ1n) is 8.25. The number of hydrogen-bond acceptors (Lipinski definition) is 3. The number of aliphatic hydroxyl groups is 2. The molecule has 4 heteroatoms. The lowest BCUT2D eigenvalue weighted by molar-refractivity contribution is -0.127. The fraction of sp³-hybridized carbons (Fsp3) is 0.938. The van der Waals surface area contributed by atoms with E-state index in [0.717, 1.165) is 38.5 Å². The molecule has 1 atom stereocenters. The van der Waals surface area contributed by atoms with E-state index in [-0.39, 0.29) is 25.0 Å². The normalized spacial score (nSPS) is 24.5. The first-order chi connectivity index (χ1) is 9.63. The van der Waals surface area contributed by atoms with Gasteiger partial charge in [-0.25, -0.2) is 0 Å². The predicted molar refractivity (Wildman–Crippen MR) is 78.2 cm³/mol. The molecule has 2 aliphatic carbocycles. The second kappa shape index (κ2) is 7.41. The third kappa shape index (κ3) is 4.45. The van der Waals surface area contributed by atoms with Crippen LogP contribution >= 0.6 is 0 Å². The van der Waals surface area contributed by atoms with Gasteiger partial charge in [0, 0.05) is 12.6 Å². The van der Waals surface area contributed by atoms with Crippen molar-refractivity contribution in [1.29, 1.82) is 0 Å². The third-order valence-corrected chi connectivity index (χ3v) is 5.03. The average Bonchev–Trinajstić information content (AvgIpc) is 2.85. The molecular weight excluding hydrogens is 254 g/mol. The largest absolute Gasteiger partial charge is 0.396 e. The van der Waals surface area contributed by atoms with E-state index in [1.54, 1.807) is 0 Å². The molecule has 0 aromatic carbocycles. The van der Waals surface area contributed by atoms with Gasteiger partial charge < -0.3 is 15.5 Å². The molecule has 20 heavy (non-hydrogen) atoms. The summed E-state index contributed by atoms with van der Waals surface area (Å²) in [6.07, 6.45) is 10.4. The van der Waals surface area contributed by atoms with Crippen molar-refractivity contribution in [2.24, 2.45) is 5.92 Å². The SMILES string of the molecule is O=C(CC1(O)CCCC1)NC(CCO)C1CCCCC1. The molecule has 2 fully saturated rings. The summed E-state index contributed by atoms with van der Waals surface area (Å²) in [6, 6.07) is 0.0813. The molecule has 2 saturated carbocycles. The zero-order chi connectivity index (χ0) is 14.4. The van der Waals surface area contributed by atoms with Crippen molar-refractivity contribution in [3.05, 3.63) is 0 Å². The summed E-state index contributed by atoms with van der Waals surface area (Å²) >= 11 is 0. The Kier molecular flexibility index (Phi) is 5.85. The number of carbonyl (C=O) groups is 1. The smallest absolute Gasteiger partial charge is 0.223 e. The molecule has 3 N–H and O–H groups in total. The van der Waals surface area contributed by atoms with E-state index in [1.165, 1.54) is 19.3 Å². The van der Waals surface area contributed by atoms with Gasteiger partial charge in [0.2, 0.25) is 5.91 Å². The summed E-state index contributed by atoms with van der Waals surface area (Å²) in [7, 11) is 0. The molecule has 116 valence electrons. The Balaban J connectivity index is 1.84. The van der Waals surface area contributed by atoms with Crippen LogP contribution in [0.3, 0.4) is 0 Å². The zero-order valence-electron chi connectivity index (χ0n) is 12.4. The van der Waals surface area contributed by atoms with Crippen LogP contribution in [0.5, 0.6) is 0 Å². The molecule has 2 rings (SSSR count). The van der Waals surface area contributed by atoms with Crippen LogP contribution in [-0.2, 0) is 4.79 Å². The van der Waals surface area contributed by atoms with Crippen molar-refractivity contribution in [3.8, 4) is 0 Å². The lowest BCUT2D eigenvalue weighted by Crippen LogP contribution is -2.44. The van der Waals surface area contributed by atoms with Crippen LogP contribution in [0.1, 0.15) is 70.6 Å². The van der Waals surface area contributed by atoms with Crippen molar-refractivity contribution in [3.63, 3.8) is 0 Å². The van der Waals surface area contributed by atoms with Crippen molar-refractivity contribution < 1.29 is 15.0 Å². The highest BCUT2D eigenvalue weighted by Gasteiger charge is 2.34. The lowest BCUT2D eigenvalue weighted by atomic mass is 9.82. The minimum atomic E-state index is -0.777. The van der Waals surface area contributed by atoms with Crippen molar-refractivity contribution >= 4 is 5.91 Å². The molecule has 0 saturated heterocycles. The molecular formula is C16H29NO3. The Morgan fingerprint density at radius 3 is 2.40 bits per heavy atom. The number of nitrogens with one attached hydrogen (secondary N) is 1. The maximum Gasteiger partial charge on any atom is 0.223 e. The first kappa shape index (κ1) is 15.8. The summed E-state index contributed by atoms with van der Waals surface area (Å²) in [5.74, 6) is 0.455. The number of carbonyl (C=O) groups excluding carboxylic acids is 1. The van der Waals surface area contributed by atoms with E-state index >= 15 is 0 Å². The lowest BCUT2D eigenvalue weighted by Gasteiger charge is -2.31. The van der Waals surface area contributed by atoms with Gasteiger partial charge in [-0.2, -0.15) is 0 Å². The highest BCUT2D eigenvalue weighted by molar-refractivity contribution is 5.77. The quantitative estimate of drug-likeness (QED) is 0.699. The van der Waals surface area contributed by atoms with Gasteiger partial charge in [0.15, 0.2) is 0 Å². The van der Waals surface area contributed by atoms with Gasteiger partial charge in [0.05, 0.1) is 12.0 Å². The van der Waals surface area contributed by atoms with Crippen LogP contribution in [0.15, 0.2) is 0 Å². The maximum atomic E-state index is 12.2. The Labute approximate surface area is 122 Å². The zero-order valence-corrected chi connectivity index (χ0v) is 12.4. The summed E-state index contributed by atoms with van der Waals surface area (Å²) < 4.78 is 0. The molecule has 0 heterocycles. The van der Waals surface area contributed by atoms with Gasteiger partial charge in [-0.15, -0.1) is 0 Å². The maximum absolute atomic E-state index is 12.2. The molecule has 4 nitrogen and oxygen atoms in total. The Morgan fingerprint density at radius 1 is 1.15 bits per heavy atom. The first-order valence-corrected chi connectivity index (χ1v) is 8.25. The van der Waals surface area contributed by atoms with Gasteiger partial charge in [0.1, 0.15) is 0 Å². The Bertz CT molecular complexity index is 307. The van der Waals surface area contributed by atoms with Gasteiger partial charge in [0.25, 0.3) is 0 Å². The molecule has 0 aromatic heterocycles. The van der Waals surface area contributed by atoms with E-state index in [0.29, 0.717) is 12.3 Å². The van der Waals surface area contributed by atoms with Crippen LogP contribution in [-0.4, -0.2) is 34.4 Å². The summed E-state index contributed by atoms with van der Waals surface area (Å²) in [6.45, 7) is 0.117. The summed E-state index contributed by atoms with van der Waals surface area (Å²) in [4.78, 5) is 12.2. The second-order valence-electron chi connectivity index (χ2n) is 6.69. The Hall–Kier alpha value is -0.610. The van der Waals surface area contributed by atoms with Crippen LogP contribution < -0.4 is 5.32 Å². The fourth-order valence-corrected chi connectivity index (χ4v) is 3.87. The molecule has 1 unspecified atom stereocenters. The van der Waals surface area contributed by atoms with Crippen molar-refractivity contribution in [1.82, 2.24) is 5.32 Å². The van der Waals surface area contributed by atoms with E-state index in [9.17, 15) is 15.0 Å². The van der Waals surface area contributed by atoms with Crippen LogP contribution in [0.4, 0.5) is 0 Å². The number of hydrogen-bond donors (Lipinski definition) is 3. The predicted octanol–water partition coefficient (Wildman–Crippen LogP) is 2.13. The van der Waals surface area contributed by atoms with E-state index in [1.807, 2.05) is 0 Å². The summed E-state index contributed by atoms with van der Waals surface area (Å²) in [5, 5.41) is 22.6. The van der Waals surface area contributed by atoms with Gasteiger partial charge >= 0.3 is 0 Å². The molecule has 2 aliphatic rings. The monoisotopic (exact) mass is 283 g/mol. The molecule has 0 bridgehead atoms. The van der Waals surface area contributed by atoms with Crippen LogP contribution in [0.25, 0.3) is 0 Å². The van der Waals surface area contributed by atoms with Crippen molar-refractivity contribution in [2.45, 2.75) is 82.3 Å². The molecule has 0 radical (unpaired) electrons. The van der Waals surface area contributed by atoms with E-state index < -0.39 is 5.60 Å². The average molecular weight is 283 g/mol. The van der Waals surface area contributed by atoms with Crippen LogP contribution in [0, 0.1) is 5.92 Å². The molecule has 0 aliphatic heterocycles. The number of amides is 1. The van der Waals surface area contributed by atoms with Gasteiger partial charge in [-0.05, 0) is 38.0 Å². The van der Waals surface area contributed by atoms with Crippen LogP contribution in [0.2, 0.25) is 0 Å². The summed E-state index contributed by atoms with van der Waals surface area (Å²) in [5.41, 5.74) is -0.777. The fourth-order valence-electron chi connectivity index (χ4n) is 3.87. The van der Waals surface area contributed by atoms with Gasteiger partial charge in [-0.3, -0.25) is 4.79 Å². The molecule has 0 spiro atoms. The van der Waals surface area contributed by atoms with Crippen molar-refractivity contribution in [2.75, 3.05) is 6.61 Å². The Morgan fingerprint density at radius 2 is 1.80 bits per heavy atom. The third-order valence-electron chi connectivity index (χ3n) is 5.03. The van der Waals surface area contributed by atoms with Gasteiger partial charge in [-0.1, -0.05) is 32.1 Å². The number of rotatable bonds is 6. The van der Waals surface area contributed by atoms with E-state index in [2.05, 4.69) is 5.32 Å². The topological polar surface area (TPSA) is 69.6 Å². The number of aliphatic hydroxyl groups excluding tert-OH is 1. The minimum absolute atomic E-state index is 0.0431. The highest BCUT2D eigenvalue weighted by atomic mass is 16.3. The second-order valence-corrected chi connectivity index (χ2v) is 6.69. The molecule has 0 aromatic rings. The minimum Gasteiger partial charge on any atom is -0.396 e. The van der Waals surface area contributed by atoms with E-state index in [4.69, 9.17) is 0 Å².